The second-order valence-electron chi connectivity index (χ2n) is 5.36. The van der Waals surface area contributed by atoms with Crippen molar-refractivity contribution in [1.82, 2.24) is 4.72 Å². The maximum Gasteiger partial charge on any atom is 0.211 e. The molecule has 118 valence electrons. The average Bonchev–Trinajstić information content (AvgIpc) is 3.18. The molecule has 1 aliphatic rings. The van der Waals surface area contributed by atoms with Crippen molar-refractivity contribution in [3.05, 3.63) is 52.2 Å². The third kappa shape index (κ3) is 3.19. The Morgan fingerprint density at radius 1 is 1.27 bits per heavy atom. The molecule has 0 saturated carbocycles. The van der Waals surface area contributed by atoms with Gasteiger partial charge in [-0.25, -0.2) is 13.1 Å². The lowest BCUT2D eigenvalue weighted by atomic mass is 10.1. The molecule has 1 aromatic carbocycles. The highest BCUT2D eigenvalue weighted by Crippen LogP contribution is 2.36. The van der Waals surface area contributed by atoms with E-state index in [0.717, 1.165) is 13.0 Å². The van der Waals surface area contributed by atoms with Crippen LogP contribution < -0.4 is 9.62 Å². The van der Waals surface area contributed by atoms with Gasteiger partial charge < -0.3 is 4.90 Å². The van der Waals surface area contributed by atoms with Gasteiger partial charge in [0.1, 0.15) is 0 Å². The number of nitrogens with one attached hydrogen (secondary N) is 1. The highest BCUT2D eigenvalue weighted by Gasteiger charge is 2.28. The number of thiophene rings is 1. The number of fused-ring (bicyclic) bond motifs is 1. The minimum Gasteiger partial charge on any atom is -0.362 e. The van der Waals surface area contributed by atoms with Crippen LogP contribution in [0, 0.1) is 0 Å². The normalized spacial score (nSPS) is 15.8. The third-order valence-electron chi connectivity index (χ3n) is 4.05. The topological polar surface area (TPSA) is 49.4 Å². The maximum atomic E-state index is 11.8. The fourth-order valence-electron chi connectivity index (χ4n) is 2.84. The van der Waals surface area contributed by atoms with Gasteiger partial charge in [-0.15, -0.1) is 11.3 Å². The number of rotatable bonds is 6. The van der Waals surface area contributed by atoms with Crippen LogP contribution in [-0.4, -0.2) is 27.3 Å². The van der Waals surface area contributed by atoms with Gasteiger partial charge in [0, 0.05) is 23.7 Å². The van der Waals surface area contributed by atoms with E-state index in [2.05, 4.69) is 33.9 Å². The van der Waals surface area contributed by atoms with Crippen LogP contribution >= 0.6 is 11.3 Å². The first-order chi connectivity index (χ1) is 10.6. The first-order valence-electron chi connectivity index (χ1n) is 7.46. The van der Waals surface area contributed by atoms with Crippen molar-refractivity contribution >= 4 is 27.0 Å². The Bertz CT molecular complexity index is 726. The molecule has 3 rings (SSSR count). The summed E-state index contributed by atoms with van der Waals surface area (Å²) in [6.07, 6.45) is 1.01. The summed E-state index contributed by atoms with van der Waals surface area (Å²) in [5.41, 5.74) is 2.55. The SMILES string of the molecule is CCS(=O)(=O)NC[C@H](c1cccs1)N1CCc2ccccc21. The Hall–Kier alpha value is -1.37. The molecule has 2 heterocycles. The molecule has 0 unspecified atom stereocenters. The van der Waals surface area contributed by atoms with Gasteiger partial charge in [0.25, 0.3) is 0 Å². The zero-order chi connectivity index (χ0) is 15.6. The molecule has 1 aromatic heterocycles. The van der Waals surface area contributed by atoms with Gasteiger partial charge in [-0.2, -0.15) is 0 Å². The fraction of sp³-hybridized carbons (Fsp3) is 0.375. The Kier molecular flexibility index (Phi) is 4.52. The molecule has 0 bridgehead atoms. The van der Waals surface area contributed by atoms with E-state index in [1.165, 1.54) is 16.1 Å². The number of hydrogen-bond acceptors (Lipinski definition) is 4. The number of hydrogen-bond donors (Lipinski definition) is 1. The number of benzene rings is 1. The van der Waals surface area contributed by atoms with Gasteiger partial charge in [0.05, 0.1) is 11.8 Å². The van der Waals surface area contributed by atoms with E-state index in [-0.39, 0.29) is 11.8 Å². The van der Waals surface area contributed by atoms with Gasteiger partial charge in [0.15, 0.2) is 0 Å². The van der Waals surface area contributed by atoms with Gasteiger partial charge in [-0.3, -0.25) is 0 Å². The summed E-state index contributed by atoms with van der Waals surface area (Å²) in [6.45, 7) is 2.99. The van der Waals surface area contributed by atoms with Crippen LogP contribution in [0.5, 0.6) is 0 Å². The summed E-state index contributed by atoms with van der Waals surface area (Å²) in [4.78, 5) is 3.51. The zero-order valence-electron chi connectivity index (χ0n) is 12.5. The lowest BCUT2D eigenvalue weighted by Gasteiger charge is -2.30. The highest BCUT2D eigenvalue weighted by atomic mass is 32.2. The summed E-state index contributed by atoms with van der Waals surface area (Å²) in [7, 11) is -3.18. The Morgan fingerprint density at radius 2 is 2.09 bits per heavy atom. The first-order valence-corrected chi connectivity index (χ1v) is 9.99. The van der Waals surface area contributed by atoms with Crippen molar-refractivity contribution in [2.45, 2.75) is 19.4 Å². The van der Waals surface area contributed by atoms with Crippen molar-refractivity contribution in [2.75, 3.05) is 23.7 Å². The van der Waals surface area contributed by atoms with E-state index >= 15 is 0 Å². The molecule has 0 amide bonds. The first kappa shape index (κ1) is 15.5. The standard InChI is InChI=1S/C16H20N2O2S2/c1-2-22(19,20)17-12-15(16-8-5-11-21-16)18-10-9-13-6-3-4-7-14(13)18/h3-8,11,15,17H,2,9-10,12H2,1H3/t15-/m1/s1. The van der Waals surface area contributed by atoms with Crippen molar-refractivity contribution in [2.24, 2.45) is 0 Å². The molecule has 6 heteroatoms. The predicted molar refractivity (Wildman–Crippen MR) is 92.0 cm³/mol. The molecule has 1 N–H and O–H groups in total. The van der Waals surface area contributed by atoms with Crippen LogP contribution in [0.3, 0.4) is 0 Å². The minimum absolute atomic E-state index is 0.0463. The third-order valence-corrected chi connectivity index (χ3v) is 6.39. The zero-order valence-corrected chi connectivity index (χ0v) is 14.2. The minimum atomic E-state index is -3.18. The quantitative estimate of drug-likeness (QED) is 0.882. The summed E-state index contributed by atoms with van der Waals surface area (Å²) in [6, 6.07) is 12.5. The van der Waals surface area contributed by atoms with E-state index in [0.29, 0.717) is 6.54 Å². The molecule has 0 radical (unpaired) electrons. The molecular formula is C16H20N2O2S2. The van der Waals surface area contributed by atoms with Crippen LogP contribution in [0.25, 0.3) is 0 Å². The van der Waals surface area contributed by atoms with Crippen LogP contribution in [0.15, 0.2) is 41.8 Å². The van der Waals surface area contributed by atoms with E-state index in [9.17, 15) is 8.42 Å². The number of nitrogens with zero attached hydrogens (tertiary/aromatic N) is 1. The molecule has 0 spiro atoms. The molecule has 1 aliphatic heterocycles. The van der Waals surface area contributed by atoms with Gasteiger partial charge >= 0.3 is 0 Å². The average molecular weight is 336 g/mol. The maximum absolute atomic E-state index is 11.8. The number of sulfonamides is 1. The van der Waals surface area contributed by atoms with Gasteiger partial charge in [0.2, 0.25) is 10.0 Å². The molecule has 0 fully saturated rings. The van der Waals surface area contributed by atoms with E-state index in [1.54, 1.807) is 18.3 Å². The smallest absolute Gasteiger partial charge is 0.211 e. The molecule has 1 atom stereocenters. The Morgan fingerprint density at radius 3 is 2.82 bits per heavy atom. The van der Waals surface area contributed by atoms with E-state index in [4.69, 9.17) is 0 Å². The molecular weight excluding hydrogens is 316 g/mol. The molecule has 22 heavy (non-hydrogen) atoms. The summed E-state index contributed by atoms with van der Waals surface area (Å²) >= 11 is 1.67. The van der Waals surface area contributed by atoms with Gasteiger partial charge in [-0.05, 0) is 36.4 Å². The van der Waals surface area contributed by atoms with Crippen molar-refractivity contribution in [3.63, 3.8) is 0 Å². The van der Waals surface area contributed by atoms with Crippen LogP contribution in [-0.2, 0) is 16.4 Å². The largest absolute Gasteiger partial charge is 0.362 e. The van der Waals surface area contributed by atoms with Crippen LogP contribution in [0.2, 0.25) is 0 Å². The second kappa shape index (κ2) is 6.40. The fourth-order valence-corrected chi connectivity index (χ4v) is 4.30. The number of anilines is 1. The second-order valence-corrected chi connectivity index (χ2v) is 8.43. The van der Waals surface area contributed by atoms with Gasteiger partial charge in [-0.1, -0.05) is 24.3 Å². The molecule has 2 aromatic rings. The summed E-state index contributed by atoms with van der Waals surface area (Å²) in [5.74, 6) is 0.112. The molecule has 0 saturated heterocycles. The van der Waals surface area contributed by atoms with E-state index in [1.807, 2.05) is 17.5 Å². The lowest BCUT2D eigenvalue weighted by Crippen LogP contribution is -2.37. The highest BCUT2D eigenvalue weighted by molar-refractivity contribution is 7.89. The molecule has 0 aliphatic carbocycles. The van der Waals surface area contributed by atoms with Crippen molar-refractivity contribution < 1.29 is 8.42 Å². The Labute approximate surface area is 135 Å². The van der Waals surface area contributed by atoms with E-state index < -0.39 is 10.0 Å². The monoisotopic (exact) mass is 336 g/mol. The molecule has 4 nitrogen and oxygen atoms in total. The van der Waals surface area contributed by atoms with Crippen molar-refractivity contribution in [1.29, 1.82) is 0 Å². The van der Waals surface area contributed by atoms with Crippen molar-refractivity contribution in [3.8, 4) is 0 Å². The lowest BCUT2D eigenvalue weighted by molar-refractivity contribution is 0.566. The summed E-state index contributed by atoms with van der Waals surface area (Å²) in [5, 5.41) is 2.04. The van der Waals surface area contributed by atoms with Crippen LogP contribution in [0.4, 0.5) is 5.69 Å². The predicted octanol–water partition coefficient (Wildman–Crippen LogP) is 2.79. The van der Waals surface area contributed by atoms with Crippen LogP contribution in [0.1, 0.15) is 23.4 Å². The Balaban J connectivity index is 1.87. The summed E-state index contributed by atoms with van der Waals surface area (Å²) < 4.78 is 26.4. The number of para-hydroxylation sites is 1.